The molecule has 1 aliphatic rings. The van der Waals surface area contributed by atoms with E-state index in [4.69, 9.17) is 14.2 Å². The summed E-state index contributed by atoms with van der Waals surface area (Å²) >= 11 is 8.27. The van der Waals surface area contributed by atoms with Gasteiger partial charge in [0.2, 0.25) is 0 Å². The number of halogens is 2. The summed E-state index contributed by atoms with van der Waals surface area (Å²) in [5, 5.41) is 0. The molecular weight excluding hydrogens is 624 g/mol. The number of allylic oxidation sites excluding steroid dienone is 1. The average Bonchev–Trinajstić information content (AvgIpc) is 3.12. The molecule has 0 fully saturated rings. The number of carbonyl (C=O) groups is 1. The van der Waals surface area contributed by atoms with Gasteiger partial charge >= 0.3 is 5.97 Å². The fraction of sp³-hybridized carbons (Fsp3) is 0.296. The van der Waals surface area contributed by atoms with Crippen molar-refractivity contribution in [3.05, 3.63) is 87.4 Å². The van der Waals surface area contributed by atoms with E-state index in [2.05, 4.69) is 36.9 Å². The topological polar surface area (TPSA) is 79.1 Å². The predicted octanol–water partition coefficient (Wildman–Crippen LogP) is 5.12. The zero-order chi connectivity index (χ0) is 26.9. The van der Waals surface area contributed by atoms with Gasteiger partial charge in [0.25, 0.3) is 5.56 Å². The minimum Gasteiger partial charge on any atom is -0.495 e. The third kappa shape index (κ3) is 5.46. The summed E-state index contributed by atoms with van der Waals surface area (Å²) in [6.45, 7) is 7.57. The van der Waals surface area contributed by atoms with Gasteiger partial charge in [0.1, 0.15) is 17.5 Å². The van der Waals surface area contributed by atoms with Crippen LogP contribution in [0.1, 0.15) is 44.9 Å². The van der Waals surface area contributed by atoms with Gasteiger partial charge < -0.3 is 14.2 Å². The van der Waals surface area contributed by atoms with Gasteiger partial charge in [-0.1, -0.05) is 45.5 Å². The Hall–Kier alpha value is -2.69. The zero-order valence-electron chi connectivity index (χ0n) is 21.0. The molecule has 2 aromatic carbocycles. The van der Waals surface area contributed by atoms with Gasteiger partial charge in [-0.25, -0.2) is 9.79 Å². The molecule has 0 N–H and O–H groups in total. The molecular formula is C27H26Br2N2O5S. The first-order valence-corrected chi connectivity index (χ1v) is 14.0. The summed E-state index contributed by atoms with van der Waals surface area (Å²) in [4.78, 5) is 32.2. The molecule has 0 radical (unpaired) electrons. The Kier molecular flexibility index (Phi) is 8.40. The molecule has 10 heteroatoms. The Morgan fingerprint density at radius 3 is 2.65 bits per heavy atom. The van der Waals surface area contributed by atoms with Gasteiger partial charge in [0.15, 0.2) is 4.80 Å². The second-order valence-corrected chi connectivity index (χ2v) is 11.3. The summed E-state index contributed by atoms with van der Waals surface area (Å²) in [7, 11) is 1.58. The molecule has 1 aromatic heterocycles. The molecule has 194 valence electrons. The van der Waals surface area contributed by atoms with Crippen LogP contribution in [0.15, 0.2) is 66.4 Å². The van der Waals surface area contributed by atoms with E-state index in [-0.39, 0.29) is 18.3 Å². The number of rotatable bonds is 7. The van der Waals surface area contributed by atoms with Crippen molar-refractivity contribution in [1.29, 1.82) is 0 Å². The van der Waals surface area contributed by atoms with Gasteiger partial charge in [0, 0.05) is 15.6 Å². The van der Waals surface area contributed by atoms with Gasteiger partial charge in [-0.3, -0.25) is 9.36 Å². The lowest BCUT2D eigenvalue weighted by atomic mass is 9.95. The van der Waals surface area contributed by atoms with Crippen LogP contribution in [0.25, 0.3) is 6.08 Å². The third-order valence-electron chi connectivity index (χ3n) is 5.62. The van der Waals surface area contributed by atoms with E-state index < -0.39 is 12.0 Å². The van der Waals surface area contributed by atoms with Crippen molar-refractivity contribution in [2.45, 2.75) is 39.8 Å². The quantitative estimate of drug-likeness (QED) is 0.332. The fourth-order valence-corrected chi connectivity index (χ4v) is 6.66. The summed E-state index contributed by atoms with van der Waals surface area (Å²) in [6, 6.07) is 10.4. The van der Waals surface area contributed by atoms with Crippen molar-refractivity contribution in [1.82, 2.24) is 4.57 Å². The highest BCUT2D eigenvalue weighted by Crippen LogP contribution is 2.36. The highest BCUT2D eigenvalue weighted by Gasteiger charge is 2.35. The molecule has 1 aliphatic heterocycles. The van der Waals surface area contributed by atoms with E-state index in [1.165, 1.54) is 11.3 Å². The molecule has 4 rings (SSSR count). The van der Waals surface area contributed by atoms with Crippen LogP contribution >= 0.6 is 43.2 Å². The van der Waals surface area contributed by atoms with Gasteiger partial charge in [-0.05, 0) is 67.9 Å². The summed E-state index contributed by atoms with van der Waals surface area (Å²) in [6.07, 6.45) is 1.67. The maximum atomic E-state index is 13.9. The average molecular weight is 650 g/mol. The first kappa shape index (κ1) is 27.3. The van der Waals surface area contributed by atoms with Gasteiger partial charge in [0.05, 0.1) is 40.1 Å². The van der Waals surface area contributed by atoms with Crippen LogP contribution in [-0.2, 0) is 9.53 Å². The molecule has 0 aliphatic carbocycles. The number of carbonyl (C=O) groups excluding carboxylic acids is 1. The first-order chi connectivity index (χ1) is 17.7. The van der Waals surface area contributed by atoms with Gasteiger partial charge in [-0.15, -0.1) is 0 Å². The Bertz CT molecular complexity index is 1570. The summed E-state index contributed by atoms with van der Waals surface area (Å²) in [5.74, 6) is 0.677. The van der Waals surface area contributed by atoms with Crippen molar-refractivity contribution in [2.75, 3.05) is 13.7 Å². The molecule has 0 saturated carbocycles. The zero-order valence-corrected chi connectivity index (χ0v) is 25.0. The first-order valence-electron chi connectivity index (χ1n) is 11.6. The number of fused-ring (bicyclic) bond motifs is 1. The van der Waals surface area contributed by atoms with Crippen molar-refractivity contribution in [2.24, 2.45) is 4.99 Å². The maximum Gasteiger partial charge on any atom is 0.338 e. The minimum absolute atomic E-state index is 0.101. The van der Waals surface area contributed by atoms with E-state index >= 15 is 0 Å². The Labute approximate surface area is 235 Å². The normalized spacial score (nSPS) is 15.5. The second kappa shape index (κ2) is 11.4. The molecule has 2 heterocycles. The standard InChI is InChI=1S/C27H26Br2N2O5S/c1-6-35-26(33)22-15(4)30-27-31(23(22)18-9-7-8-10-20(18)36-14(2)3)25(32)21(37-27)12-16-11-17(28)13-19(29)24(16)34-5/h7-14,23H,6H2,1-5H3/b21-12-/t23-/m1/s1. The third-order valence-corrected chi connectivity index (χ3v) is 7.65. The SMILES string of the molecule is CCOC(=O)C1=C(C)N=c2s/c(=C\c3cc(Br)cc(Br)c3OC)c(=O)n2[C@@H]1c1ccccc1OC(C)C. The Balaban J connectivity index is 2.01. The van der Waals surface area contributed by atoms with Crippen molar-refractivity contribution < 1.29 is 19.0 Å². The molecule has 3 aromatic rings. The molecule has 0 bridgehead atoms. The molecule has 7 nitrogen and oxygen atoms in total. The van der Waals surface area contributed by atoms with Crippen molar-refractivity contribution in [3.63, 3.8) is 0 Å². The summed E-state index contributed by atoms with van der Waals surface area (Å²) < 4.78 is 20.6. The lowest BCUT2D eigenvalue weighted by Gasteiger charge is -2.26. The van der Waals surface area contributed by atoms with Crippen LogP contribution in [0.3, 0.4) is 0 Å². The minimum atomic E-state index is -0.761. The van der Waals surface area contributed by atoms with E-state index in [1.54, 1.807) is 31.6 Å². The monoisotopic (exact) mass is 648 g/mol. The maximum absolute atomic E-state index is 13.9. The van der Waals surface area contributed by atoms with Crippen LogP contribution < -0.4 is 24.4 Å². The van der Waals surface area contributed by atoms with Crippen LogP contribution in [0, 0.1) is 0 Å². The largest absolute Gasteiger partial charge is 0.495 e. The highest BCUT2D eigenvalue weighted by molar-refractivity contribution is 9.11. The molecule has 0 saturated heterocycles. The molecule has 0 unspecified atom stereocenters. The Morgan fingerprint density at radius 2 is 1.97 bits per heavy atom. The van der Waals surface area contributed by atoms with E-state index in [0.717, 1.165) is 14.5 Å². The summed E-state index contributed by atoms with van der Waals surface area (Å²) in [5.41, 5.74) is 1.93. The number of hydrogen-bond donors (Lipinski definition) is 0. The number of thiazole rings is 1. The number of aromatic nitrogens is 1. The van der Waals surface area contributed by atoms with Crippen molar-refractivity contribution in [3.8, 4) is 11.5 Å². The van der Waals surface area contributed by atoms with E-state index in [0.29, 0.717) is 37.7 Å². The number of hydrogen-bond acceptors (Lipinski definition) is 7. The number of esters is 1. The number of benzene rings is 2. The number of ether oxygens (including phenoxy) is 3. The molecule has 1 atom stereocenters. The van der Waals surface area contributed by atoms with Crippen LogP contribution in [0.2, 0.25) is 0 Å². The van der Waals surface area contributed by atoms with E-state index in [9.17, 15) is 9.59 Å². The smallest absolute Gasteiger partial charge is 0.338 e. The van der Waals surface area contributed by atoms with Crippen molar-refractivity contribution >= 4 is 55.2 Å². The number of para-hydroxylation sites is 1. The second-order valence-electron chi connectivity index (χ2n) is 8.52. The molecule has 0 amide bonds. The van der Waals surface area contributed by atoms with E-state index in [1.807, 2.05) is 50.2 Å². The predicted molar refractivity (Wildman–Crippen MR) is 151 cm³/mol. The fourth-order valence-electron chi connectivity index (χ4n) is 4.20. The number of methoxy groups -OCH3 is 1. The number of nitrogens with zero attached hydrogens (tertiary/aromatic N) is 2. The van der Waals surface area contributed by atoms with Crippen LogP contribution in [-0.4, -0.2) is 30.4 Å². The highest BCUT2D eigenvalue weighted by atomic mass is 79.9. The van der Waals surface area contributed by atoms with Crippen LogP contribution in [0.4, 0.5) is 0 Å². The Morgan fingerprint density at radius 1 is 1.24 bits per heavy atom. The molecule has 0 spiro atoms. The lowest BCUT2D eigenvalue weighted by molar-refractivity contribution is -0.139. The molecule has 37 heavy (non-hydrogen) atoms. The lowest BCUT2D eigenvalue weighted by Crippen LogP contribution is -2.40. The van der Waals surface area contributed by atoms with Gasteiger partial charge in [-0.2, -0.15) is 0 Å². The van der Waals surface area contributed by atoms with Crippen LogP contribution in [0.5, 0.6) is 11.5 Å².